The van der Waals surface area contributed by atoms with E-state index in [-0.39, 0.29) is 24.2 Å². The first-order valence-corrected chi connectivity index (χ1v) is 8.77. The van der Waals surface area contributed by atoms with E-state index in [0.29, 0.717) is 5.56 Å². The fraction of sp³-hybridized carbons (Fsp3) is 0.400. The number of aryl methyl sites for hydroxylation is 1. The van der Waals surface area contributed by atoms with Crippen LogP contribution in [0.15, 0.2) is 42.6 Å². The Labute approximate surface area is 148 Å². The van der Waals surface area contributed by atoms with E-state index in [1.807, 2.05) is 31.3 Å². The second kappa shape index (κ2) is 8.21. The highest BCUT2D eigenvalue weighted by molar-refractivity contribution is 5.79. The lowest BCUT2D eigenvalue weighted by Gasteiger charge is -2.32. The molecule has 0 atom stereocenters. The van der Waals surface area contributed by atoms with Gasteiger partial charge in [-0.25, -0.2) is 4.39 Å². The number of hydrogen-bond donors (Lipinski definition) is 1. The molecular formula is C20H24FN3O. The van der Waals surface area contributed by atoms with Gasteiger partial charge in [0.05, 0.1) is 12.1 Å². The molecule has 0 aliphatic carbocycles. The number of hydrogen-bond acceptors (Lipinski definition) is 3. The number of rotatable bonds is 5. The van der Waals surface area contributed by atoms with Crippen LogP contribution in [0.1, 0.15) is 29.7 Å². The molecule has 1 amide bonds. The molecule has 2 heterocycles. The van der Waals surface area contributed by atoms with Crippen LogP contribution in [0.2, 0.25) is 0 Å². The fourth-order valence-corrected chi connectivity index (χ4v) is 3.25. The molecule has 0 saturated carbocycles. The number of nitrogens with one attached hydrogen (secondary N) is 1. The molecule has 1 aromatic carbocycles. The zero-order chi connectivity index (χ0) is 17.6. The van der Waals surface area contributed by atoms with E-state index in [4.69, 9.17) is 0 Å². The molecule has 1 fully saturated rings. The van der Waals surface area contributed by atoms with Gasteiger partial charge in [0.25, 0.3) is 0 Å². The van der Waals surface area contributed by atoms with Gasteiger partial charge >= 0.3 is 0 Å². The van der Waals surface area contributed by atoms with Crippen LogP contribution in [0.25, 0.3) is 0 Å². The van der Waals surface area contributed by atoms with E-state index in [0.717, 1.165) is 43.7 Å². The van der Waals surface area contributed by atoms with Crippen LogP contribution in [0.5, 0.6) is 0 Å². The Hall–Kier alpha value is -2.27. The van der Waals surface area contributed by atoms with Crippen molar-refractivity contribution in [2.24, 2.45) is 0 Å². The summed E-state index contributed by atoms with van der Waals surface area (Å²) in [4.78, 5) is 18.9. The first-order valence-electron chi connectivity index (χ1n) is 8.77. The van der Waals surface area contributed by atoms with Crippen molar-refractivity contribution >= 4 is 5.91 Å². The van der Waals surface area contributed by atoms with E-state index in [1.165, 1.54) is 6.07 Å². The highest BCUT2D eigenvalue weighted by Crippen LogP contribution is 2.14. The number of carbonyl (C=O) groups excluding carboxylic acids is 1. The predicted molar refractivity (Wildman–Crippen MR) is 95.5 cm³/mol. The predicted octanol–water partition coefficient (Wildman–Crippen LogP) is 2.85. The van der Waals surface area contributed by atoms with Crippen molar-refractivity contribution in [2.45, 2.75) is 38.8 Å². The van der Waals surface area contributed by atoms with Gasteiger partial charge in [-0.05, 0) is 43.5 Å². The summed E-state index contributed by atoms with van der Waals surface area (Å²) in [5.74, 6) is -0.418. The normalized spacial score (nSPS) is 15.9. The molecule has 4 nitrogen and oxygen atoms in total. The van der Waals surface area contributed by atoms with Crippen LogP contribution in [0.4, 0.5) is 4.39 Å². The summed E-state index contributed by atoms with van der Waals surface area (Å²) in [6.45, 7) is 4.61. The third kappa shape index (κ3) is 5.10. The van der Waals surface area contributed by atoms with Crippen LogP contribution in [0.3, 0.4) is 0 Å². The van der Waals surface area contributed by atoms with Crippen molar-refractivity contribution in [2.75, 3.05) is 13.1 Å². The average Bonchev–Trinajstić information content (AvgIpc) is 2.61. The number of carbonyl (C=O) groups is 1. The standard InChI is InChI=1S/C20H24FN3O/c1-15-5-6-19(21)16(12-15)13-20(25)23-17-7-10-24(11-8-17)14-18-4-2-3-9-22-18/h2-6,9,12,17H,7-8,10-11,13-14H2,1H3,(H,23,25). The van der Waals surface area contributed by atoms with Gasteiger partial charge in [-0.15, -0.1) is 0 Å². The lowest BCUT2D eigenvalue weighted by molar-refractivity contribution is -0.121. The summed E-state index contributed by atoms with van der Waals surface area (Å²) in [7, 11) is 0. The number of halogens is 1. The number of aromatic nitrogens is 1. The Kier molecular flexibility index (Phi) is 5.76. The number of piperidine rings is 1. The average molecular weight is 341 g/mol. The minimum absolute atomic E-state index is 0.0989. The van der Waals surface area contributed by atoms with Gasteiger partial charge in [0, 0.05) is 31.9 Å². The number of nitrogens with zero attached hydrogens (tertiary/aromatic N) is 2. The van der Waals surface area contributed by atoms with E-state index >= 15 is 0 Å². The molecule has 5 heteroatoms. The molecule has 3 rings (SSSR count). The maximum atomic E-state index is 13.8. The van der Waals surface area contributed by atoms with E-state index in [1.54, 1.807) is 12.1 Å². The molecule has 132 valence electrons. The third-order valence-electron chi connectivity index (χ3n) is 4.62. The summed E-state index contributed by atoms with van der Waals surface area (Å²) >= 11 is 0. The molecule has 1 aliphatic rings. The lowest BCUT2D eigenvalue weighted by Crippen LogP contribution is -2.44. The quantitative estimate of drug-likeness (QED) is 0.910. The zero-order valence-corrected chi connectivity index (χ0v) is 14.5. The molecule has 0 radical (unpaired) electrons. The Morgan fingerprint density at radius 1 is 1.28 bits per heavy atom. The van der Waals surface area contributed by atoms with Crippen molar-refractivity contribution in [3.05, 3.63) is 65.2 Å². The van der Waals surface area contributed by atoms with Crippen LogP contribution < -0.4 is 5.32 Å². The number of likely N-dealkylation sites (tertiary alicyclic amines) is 1. The topological polar surface area (TPSA) is 45.2 Å². The van der Waals surface area contributed by atoms with Crippen molar-refractivity contribution in [3.63, 3.8) is 0 Å². The maximum absolute atomic E-state index is 13.8. The van der Waals surface area contributed by atoms with Gasteiger partial charge in [-0.2, -0.15) is 0 Å². The Morgan fingerprint density at radius 3 is 2.80 bits per heavy atom. The third-order valence-corrected chi connectivity index (χ3v) is 4.62. The Morgan fingerprint density at radius 2 is 2.08 bits per heavy atom. The van der Waals surface area contributed by atoms with Crippen LogP contribution in [-0.2, 0) is 17.8 Å². The van der Waals surface area contributed by atoms with Crippen molar-refractivity contribution in [1.29, 1.82) is 0 Å². The van der Waals surface area contributed by atoms with Gasteiger partial charge in [0.1, 0.15) is 5.82 Å². The second-order valence-corrected chi connectivity index (χ2v) is 6.71. The number of pyridine rings is 1. The summed E-state index contributed by atoms with van der Waals surface area (Å²) < 4.78 is 13.8. The summed E-state index contributed by atoms with van der Waals surface area (Å²) in [6, 6.07) is 11.0. The minimum Gasteiger partial charge on any atom is -0.353 e. The first-order chi connectivity index (χ1) is 12.1. The molecule has 0 unspecified atom stereocenters. The second-order valence-electron chi connectivity index (χ2n) is 6.71. The number of benzene rings is 1. The highest BCUT2D eigenvalue weighted by Gasteiger charge is 2.21. The molecule has 1 aromatic heterocycles. The molecule has 1 aliphatic heterocycles. The van der Waals surface area contributed by atoms with Gasteiger partial charge in [-0.3, -0.25) is 14.7 Å². The SMILES string of the molecule is Cc1ccc(F)c(CC(=O)NC2CCN(Cc3ccccn3)CC2)c1. The smallest absolute Gasteiger partial charge is 0.224 e. The van der Waals surface area contributed by atoms with Gasteiger partial charge < -0.3 is 5.32 Å². The van der Waals surface area contributed by atoms with Crippen molar-refractivity contribution < 1.29 is 9.18 Å². The zero-order valence-electron chi connectivity index (χ0n) is 14.5. The van der Waals surface area contributed by atoms with Gasteiger partial charge in [-0.1, -0.05) is 23.8 Å². The van der Waals surface area contributed by atoms with E-state index in [2.05, 4.69) is 15.2 Å². The highest BCUT2D eigenvalue weighted by atomic mass is 19.1. The van der Waals surface area contributed by atoms with Crippen LogP contribution in [0, 0.1) is 12.7 Å². The summed E-state index contributed by atoms with van der Waals surface area (Å²) in [6.07, 6.45) is 3.73. The largest absolute Gasteiger partial charge is 0.353 e. The Balaban J connectivity index is 1.45. The first kappa shape index (κ1) is 17.5. The molecule has 2 aromatic rings. The van der Waals surface area contributed by atoms with Crippen molar-refractivity contribution in [3.8, 4) is 0 Å². The molecule has 1 N–H and O–H groups in total. The van der Waals surface area contributed by atoms with E-state index < -0.39 is 0 Å². The lowest BCUT2D eigenvalue weighted by atomic mass is 10.0. The molecule has 1 saturated heterocycles. The molecule has 0 spiro atoms. The molecule has 0 bridgehead atoms. The Bertz CT molecular complexity index is 712. The molecule has 25 heavy (non-hydrogen) atoms. The summed E-state index contributed by atoms with van der Waals surface area (Å²) in [5.41, 5.74) is 2.50. The van der Waals surface area contributed by atoms with Crippen molar-refractivity contribution in [1.82, 2.24) is 15.2 Å². The van der Waals surface area contributed by atoms with Gasteiger partial charge in [0.2, 0.25) is 5.91 Å². The molecular weight excluding hydrogens is 317 g/mol. The fourth-order valence-electron chi connectivity index (χ4n) is 3.25. The number of amides is 1. The van der Waals surface area contributed by atoms with Gasteiger partial charge in [0.15, 0.2) is 0 Å². The summed E-state index contributed by atoms with van der Waals surface area (Å²) in [5, 5.41) is 3.05. The monoisotopic (exact) mass is 341 g/mol. The van der Waals surface area contributed by atoms with E-state index in [9.17, 15) is 9.18 Å². The minimum atomic E-state index is -0.314. The maximum Gasteiger partial charge on any atom is 0.224 e. The van der Waals surface area contributed by atoms with Crippen LogP contribution >= 0.6 is 0 Å². The van der Waals surface area contributed by atoms with Crippen LogP contribution in [-0.4, -0.2) is 34.9 Å².